The van der Waals surface area contributed by atoms with Gasteiger partial charge in [-0.2, -0.15) is 11.8 Å². The van der Waals surface area contributed by atoms with Crippen LogP contribution in [0.15, 0.2) is 24.3 Å². The van der Waals surface area contributed by atoms with E-state index in [9.17, 15) is 9.59 Å². The molecule has 2 fully saturated rings. The fourth-order valence-electron chi connectivity index (χ4n) is 3.79. The molecule has 2 heterocycles. The lowest BCUT2D eigenvalue weighted by Crippen LogP contribution is -2.54. The number of nitrogens with one attached hydrogen (secondary N) is 2. The van der Waals surface area contributed by atoms with Gasteiger partial charge in [-0.1, -0.05) is 0 Å². The van der Waals surface area contributed by atoms with Gasteiger partial charge in [-0.15, -0.1) is 0 Å². The number of hydroxylamine groups is 1. The highest BCUT2D eigenvalue weighted by Gasteiger charge is 2.27. The van der Waals surface area contributed by atoms with Crippen LogP contribution in [0.25, 0.3) is 0 Å². The molecule has 0 unspecified atom stereocenters. The van der Waals surface area contributed by atoms with Crippen molar-refractivity contribution in [3.05, 3.63) is 29.8 Å². The highest BCUT2D eigenvalue weighted by Crippen LogP contribution is 2.19. The molecule has 0 saturated carbocycles. The number of benzene rings is 1. The average Bonchev–Trinajstić information content (AvgIpc) is 2.79. The molecule has 3 N–H and O–H groups in total. The summed E-state index contributed by atoms with van der Waals surface area (Å²) < 4.78 is 5.90. The van der Waals surface area contributed by atoms with Crippen LogP contribution in [0.2, 0.25) is 0 Å². The van der Waals surface area contributed by atoms with Crippen molar-refractivity contribution in [2.45, 2.75) is 18.9 Å². The van der Waals surface area contributed by atoms with Crippen LogP contribution >= 0.6 is 11.8 Å². The molecule has 9 heteroatoms. The first-order valence-corrected chi connectivity index (χ1v) is 11.7. The monoisotopic (exact) mass is 436 g/mol. The van der Waals surface area contributed by atoms with Crippen LogP contribution in [0.5, 0.6) is 5.75 Å². The van der Waals surface area contributed by atoms with Crippen LogP contribution in [-0.2, 0) is 4.79 Å². The van der Waals surface area contributed by atoms with Crippen molar-refractivity contribution < 1.29 is 19.5 Å². The Balaban J connectivity index is 1.47. The molecule has 0 aliphatic carbocycles. The van der Waals surface area contributed by atoms with E-state index in [1.54, 1.807) is 17.6 Å². The van der Waals surface area contributed by atoms with E-state index in [4.69, 9.17) is 9.94 Å². The van der Waals surface area contributed by atoms with Crippen LogP contribution in [0.4, 0.5) is 0 Å². The first-order valence-electron chi connectivity index (χ1n) is 10.5. The lowest BCUT2D eigenvalue weighted by atomic mass is 9.98. The molecule has 0 bridgehead atoms. The number of hydrogen-bond donors (Lipinski definition) is 3. The van der Waals surface area contributed by atoms with E-state index in [2.05, 4.69) is 17.3 Å². The zero-order valence-corrected chi connectivity index (χ0v) is 18.3. The number of hydrogen-bond acceptors (Lipinski definition) is 7. The van der Waals surface area contributed by atoms with E-state index in [0.29, 0.717) is 18.1 Å². The van der Waals surface area contributed by atoms with Crippen LogP contribution < -0.4 is 15.5 Å². The van der Waals surface area contributed by atoms with Gasteiger partial charge in [-0.3, -0.25) is 19.7 Å². The number of rotatable bonds is 8. The number of carbonyl (C=O) groups excluding carboxylic acids is 2. The first-order chi connectivity index (χ1) is 14.6. The summed E-state index contributed by atoms with van der Waals surface area (Å²) in [4.78, 5) is 28.9. The number of carbonyl (C=O) groups is 2. The lowest BCUT2D eigenvalue weighted by molar-refractivity contribution is -0.134. The van der Waals surface area contributed by atoms with Gasteiger partial charge in [-0.05, 0) is 63.2 Å². The van der Waals surface area contributed by atoms with E-state index in [-0.39, 0.29) is 12.5 Å². The number of nitrogens with zero attached hydrogens (tertiary/aromatic N) is 2. The predicted octanol–water partition coefficient (Wildman–Crippen LogP) is 1.06. The Morgan fingerprint density at radius 3 is 2.47 bits per heavy atom. The maximum atomic E-state index is 12.5. The molecule has 1 atom stereocenters. The second-order valence-electron chi connectivity index (χ2n) is 7.93. The van der Waals surface area contributed by atoms with Crippen molar-refractivity contribution in [1.82, 2.24) is 20.6 Å². The molecule has 2 aliphatic heterocycles. The topological polar surface area (TPSA) is 94.1 Å². The Kier molecular flexibility index (Phi) is 8.80. The first kappa shape index (κ1) is 22.9. The van der Waals surface area contributed by atoms with Gasteiger partial charge < -0.3 is 15.0 Å². The second kappa shape index (κ2) is 11.5. The number of piperidine rings is 1. The van der Waals surface area contributed by atoms with Crippen molar-refractivity contribution in [3.8, 4) is 5.75 Å². The summed E-state index contributed by atoms with van der Waals surface area (Å²) in [7, 11) is 2.14. The third-order valence-corrected chi connectivity index (χ3v) is 6.74. The molecule has 0 radical (unpaired) electrons. The summed E-state index contributed by atoms with van der Waals surface area (Å²) in [6.45, 7) is 4.57. The van der Waals surface area contributed by atoms with E-state index in [1.165, 1.54) is 0 Å². The van der Waals surface area contributed by atoms with Gasteiger partial charge in [0.2, 0.25) is 0 Å². The summed E-state index contributed by atoms with van der Waals surface area (Å²) in [5.41, 5.74) is 2.23. The van der Waals surface area contributed by atoms with Gasteiger partial charge in [0.25, 0.3) is 11.8 Å². The fourth-order valence-corrected chi connectivity index (χ4v) is 4.72. The molecule has 3 rings (SSSR count). The summed E-state index contributed by atoms with van der Waals surface area (Å²) in [6, 6.07) is 6.50. The van der Waals surface area contributed by atoms with Crippen LogP contribution in [0, 0.1) is 5.92 Å². The highest BCUT2D eigenvalue weighted by atomic mass is 32.2. The van der Waals surface area contributed by atoms with Gasteiger partial charge in [0.15, 0.2) is 0 Å². The van der Waals surface area contributed by atoms with Crippen LogP contribution in [0.3, 0.4) is 0 Å². The number of amides is 2. The minimum atomic E-state index is -0.586. The minimum absolute atomic E-state index is 0.143. The lowest BCUT2D eigenvalue weighted by Gasteiger charge is -2.32. The number of thioether (sulfide) groups is 1. The molecule has 1 aromatic rings. The molecule has 8 nitrogen and oxygen atoms in total. The fraction of sp³-hybridized carbons (Fsp3) is 0.619. The molecular weight excluding hydrogens is 404 g/mol. The molecule has 30 heavy (non-hydrogen) atoms. The van der Waals surface area contributed by atoms with Gasteiger partial charge in [0, 0.05) is 36.7 Å². The van der Waals surface area contributed by atoms with E-state index in [1.807, 2.05) is 28.8 Å². The average molecular weight is 437 g/mol. The normalized spacial score (nSPS) is 19.8. The quantitative estimate of drug-likeness (QED) is 0.414. The van der Waals surface area contributed by atoms with E-state index >= 15 is 0 Å². The molecule has 1 aromatic carbocycles. The van der Waals surface area contributed by atoms with Crippen LogP contribution in [0.1, 0.15) is 23.2 Å². The minimum Gasteiger partial charge on any atom is -0.493 e. The van der Waals surface area contributed by atoms with Gasteiger partial charge >= 0.3 is 0 Å². The van der Waals surface area contributed by atoms with Crippen molar-refractivity contribution >= 4 is 23.6 Å². The smallest absolute Gasteiger partial charge is 0.262 e. The number of likely N-dealkylation sites (tertiary alicyclic amines) is 1. The van der Waals surface area contributed by atoms with E-state index < -0.39 is 11.9 Å². The maximum Gasteiger partial charge on any atom is 0.262 e. The Morgan fingerprint density at radius 2 is 1.83 bits per heavy atom. The van der Waals surface area contributed by atoms with Crippen molar-refractivity contribution in [2.24, 2.45) is 5.92 Å². The van der Waals surface area contributed by atoms with Crippen molar-refractivity contribution in [2.75, 3.05) is 57.9 Å². The molecule has 0 aromatic heterocycles. The van der Waals surface area contributed by atoms with Crippen LogP contribution in [-0.4, -0.2) is 90.7 Å². The largest absolute Gasteiger partial charge is 0.493 e. The zero-order valence-electron chi connectivity index (χ0n) is 17.5. The Morgan fingerprint density at radius 1 is 1.17 bits per heavy atom. The predicted molar refractivity (Wildman–Crippen MR) is 117 cm³/mol. The molecule has 166 valence electrons. The Labute approximate surface area is 182 Å². The van der Waals surface area contributed by atoms with Gasteiger partial charge in [0.05, 0.1) is 6.61 Å². The van der Waals surface area contributed by atoms with Crippen molar-refractivity contribution in [1.29, 1.82) is 0 Å². The standard InChI is InChI=1S/C21H32N4O4S/c1-24-8-6-16(7-9-24)15-29-18-4-2-17(3-5-18)20(26)22-14-19(21(27)23-28)25-10-12-30-13-11-25/h2-5,16,19,28H,6-15H2,1H3,(H,22,26)(H,23,27)/t19-/m0/s1. The summed E-state index contributed by atoms with van der Waals surface area (Å²) in [5.74, 6) is 2.45. The molecule has 2 saturated heterocycles. The summed E-state index contributed by atoms with van der Waals surface area (Å²) in [6.07, 6.45) is 2.30. The maximum absolute atomic E-state index is 12.5. The molecular formula is C21H32N4O4S. The Hall–Kier alpha value is -1.81. The summed E-state index contributed by atoms with van der Waals surface area (Å²) in [5, 5.41) is 11.9. The van der Waals surface area contributed by atoms with Gasteiger partial charge in [-0.25, -0.2) is 5.48 Å². The molecule has 2 aliphatic rings. The Bertz CT molecular complexity index is 689. The third-order valence-electron chi connectivity index (χ3n) is 5.80. The van der Waals surface area contributed by atoms with Crippen molar-refractivity contribution in [3.63, 3.8) is 0 Å². The second-order valence-corrected chi connectivity index (χ2v) is 9.16. The zero-order chi connectivity index (χ0) is 21.3. The van der Waals surface area contributed by atoms with E-state index in [0.717, 1.165) is 56.3 Å². The SMILES string of the molecule is CN1CCC(COc2ccc(C(=O)NC[C@@H](C(=O)NO)N3CCSCC3)cc2)CC1. The number of ether oxygens (including phenoxy) is 1. The third kappa shape index (κ3) is 6.60. The summed E-state index contributed by atoms with van der Waals surface area (Å²) >= 11 is 1.83. The highest BCUT2D eigenvalue weighted by molar-refractivity contribution is 7.99. The van der Waals surface area contributed by atoms with Gasteiger partial charge in [0.1, 0.15) is 11.8 Å². The molecule has 0 spiro atoms. The molecule has 2 amide bonds.